The Hall–Kier alpha value is -2.27. The first-order valence-corrected chi connectivity index (χ1v) is 12.5. The maximum atomic E-state index is 12.8. The van der Waals surface area contributed by atoms with E-state index in [1.165, 1.54) is 22.6 Å². The number of rotatable bonds is 6. The number of benzene rings is 1. The van der Waals surface area contributed by atoms with Crippen LogP contribution in [0.1, 0.15) is 50.9 Å². The van der Waals surface area contributed by atoms with Gasteiger partial charge in [-0.1, -0.05) is 24.3 Å². The molecule has 0 saturated carbocycles. The Balaban J connectivity index is 1.50. The van der Waals surface area contributed by atoms with Gasteiger partial charge in [-0.05, 0) is 52.1 Å². The van der Waals surface area contributed by atoms with Crippen molar-refractivity contribution in [2.24, 2.45) is 0 Å². The van der Waals surface area contributed by atoms with Gasteiger partial charge < -0.3 is 13.9 Å². The van der Waals surface area contributed by atoms with Gasteiger partial charge in [0.15, 0.2) is 5.78 Å². The molecule has 2 aromatic rings. The van der Waals surface area contributed by atoms with Crippen molar-refractivity contribution in [2.45, 2.75) is 63.2 Å². The highest BCUT2D eigenvalue weighted by Gasteiger charge is 2.51. The maximum Gasteiger partial charge on any atom is 0.494 e. The van der Waals surface area contributed by atoms with Crippen LogP contribution in [0, 0.1) is 0 Å². The van der Waals surface area contributed by atoms with Gasteiger partial charge in [-0.2, -0.15) is 4.31 Å². The van der Waals surface area contributed by atoms with E-state index in [1.807, 2.05) is 27.7 Å². The van der Waals surface area contributed by atoms with Crippen LogP contribution in [0.3, 0.4) is 0 Å². The van der Waals surface area contributed by atoms with Crippen molar-refractivity contribution in [3.05, 3.63) is 58.5 Å². The quantitative estimate of drug-likeness (QED) is 0.470. The Morgan fingerprint density at radius 1 is 0.970 bits per heavy atom. The number of Topliss-reactive ketones (excluding diaryl/α,β-unsaturated/α-hetero) is 1. The van der Waals surface area contributed by atoms with Crippen LogP contribution >= 0.6 is 0 Å². The Morgan fingerprint density at radius 2 is 1.55 bits per heavy atom. The van der Waals surface area contributed by atoms with Crippen LogP contribution in [0.5, 0.6) is 0 Å². The van der Waals surface area contributed by atoms with E-state index in [0.717, 1.165) is 22.9 Å². The minimum absolute atomic E-state index is 0.0212. The molecule has 10 heteroatoms. The fourth-order valence-corrected chi connectivity index (χ4v) is 5.45. The molecule has 2 aliphatic rings. The van der Waals surface area contributed by atoms with E-state index in [4.69, 9.17) is 9.31 Å². The number of hydrogen-bond acceptors (Lipinski definition) is 6. The van der Waals surface area contributed by atoms with E-state index in [-0.39, 0.29) is 17.2 Å². The lowest BCUT2D eigenvalue weighted by atomic mass is 9.78. The van der Waals surface area contributed by atoms with Crippen LogP contribution in [-0.2, 0) is 25.9 Å². The van der Waals surface area contributed by atoms with Gasteiger partial charge >= 0.3 is 7.12 Å². The maximum absolute atomic E-state index is 12.8. The molecule has 0 spiro atoms. The van der Waals surface area contributed by atoms with E-state index >= 15 is 0 Å². The summed E-state index contributed by atoms with van der Waals surface area (Å²) in [6.07, 6.45) is 2.89. The third-order valence-corrected chi connectivity index (χ3v) is 8.61. The van der Waals surface area contributed by atoms with Crippen LogP contribution in [-0.4, -0.2) is 54.5 Å². The second-order valence-corrected chi connectivity index (χ2v) is 11.5. The highest BCUT2D eigenvalue weighted by Crippen LogP contribution is 2.36. The number of aromatic nitrogens is 1. The normalized spacial score (nSPS) is 20.3. The molecule has 3 heterocycles. The molecule has 1 aromatic carbocycles. The molecule has 8 nitrogen and oxygen atoms in total. The highest BCUT2D eigenvalue weighted by molar-refractivity contribution is 7.89. The Morgan fingerprint density at radius 3 is 2.12 bits per heavy atom. The predicted molar refractivity (Wildman–Crippen MR) is 125 cm³/mol. The first-order chi connectivity index (χ1) is 15.4. The van der Waals surface area contributed by atoms with Crippen LogP contribution in [0.2, 0.25) is 0 Å². The largest absolute Gasteiger partial charge is 0.494 e. The summed E-state index contributed by atoms with van der Waals surface area (Å²) in [4.78, 5) is 25.2. The van der Waals surface area contributed by atoms with Crippen molar-refractivity contribution < 1.29 is 22.5 Å². The van der Waals surface area contributed by atoms with Gasteiger partial charge in [-0.15, -0.1) is 0 Å². The lowest BCUT2D eigenvalue weighted by Crippen LogP contribution is -2.41. The van der Waals surface area contributed by atoms with Crippen molar-refractivity contribution >= 4 is 28.4 Å². The van der Waals surface area contributed by atoms with Crippen LogP contribution < -0.4 is 11.0 Å². The third kappa shape index (κ3) is 4.57. The number of carbonyl (C=O) groups excluding carboxylic acids is 1. The SMILES string of the molecule is CC1(C)OB(c2ccc(C(=O)Cn3cc(S(=O)(=O)N4CCCC4)ccc3=O)cc2)OC1(C)C. The lowest BCUT2D eigenvalue weighted by molar-refractivity contribution is 0.00578. The van der Waals surface area contributed by atoms with E-state index in [1.54, 1.807) is 24.3 Å². The molecule has 4 rings (SSSR count). The van der Waals surface area contributed by atoms with Crippen molar-refractivity contribution in [3.8, 4) is 0 Å². The molecular formula is C23H29BN2O6S. The molecule has 0 radical (unpaired) electrons. The third-order valence-electron chi connectivity index (χ3n) is 6.73. The van der Waals surface area contributed by atoms with Crippen molar-refractivity contribution in [1.29, 1.82) is 0 Å². The molecule has 33 heavy (non-hydrogen) atoms. The van der Waals surface area contributed by atoms with Crippen LogP contribution in [0.15, 0.2) is 52.3 Å². The second kappa shape index (κ2) is 8.50. The van der Waals surface area contributed by atoms with Gasteiger partial charge in [-0.3, -0.25) is 9.59 Å². The number of hydrogen-bond donors (Lipinski definition) is 0. The van der Waals surface area contributed by atoms with Crippen LogP contribution in [0.4, 0.5) is 0 Å². The minimum Gasteiger partial charge on any atom is -0.399 e. The molecule has 0 atom stereocenters. The number of nitrogens with zero attached hydrogens (tertiary/aromatic N) is 2. The minimum atomic E-state index is -3.68. The summed E-state index contributed by atoms with van der Waals surface area (Å²) in [5.74, 6) is -0.298. The van der Waals surface area contributed by atoms with E-state index in [2.05, 4.69) is 0 Å². The van der Waals surface area contributed by atoms with Gasteiger partial charge in [0.25, 0.3) is 5.56 Å². The number of ketones is 1. The fraction of sp³-hybridized carbons (Fsp3) is 0.478. The molecule has 2 aliphatic heterocycles. The fourth-order valence-electron chi connectivity index (χ4n) is 3.91. The van der Waals surface area contributed by atoms with E-state index in [0.29, 0.717) is 18.7 Å². The summed E-state index contributed by atoms with van der Waals surface area (Å²) in [6.45, 7) is 8.58. The lowest BCUT2D eigenvalue weighted by Gasteiger charge is -2.32. The zero-order chi connectivity index (χ0) is 24.0. The van der Waals surface area contributed by atoms with Crippen molar-refractivity contribution in [3.63, 3.8) is 0 Å². The van der Waals surface area contributed by atoms with Crippen molar-refractivity contribution in [1.82, 2.24) is 8.87 Å². The average Bonchev–Trinajstić information content (AvgIpc) is 3.36. The molecule has 0 N–H and O–H groups in total. The van der Waals surface area contributed by atoms with Gasteiger partial charge in [0.2, 0.25) is 10.0 Å². The first-order valence-electron chi connectivity index (χ1n) is 11.1. The zero-order valence-corrected chi connectivity index (χ0v) is 20.2. The Kier molecular flexibility index (Phi) is 6.15. The summed E-state index contributed by atoms with van der Waals surface area (Å²) in [6, 6.07) is 9.36. The van der Waals surface area contributed by atoms with Gasteiger partial charge in [0, 0.05) is 30.9 Å². The molecule has 2 fully saturated rings. The standard InChI is InChI=1S/C23H29BN2O6S/c1-22(2)23(3,4)32-24(31-22)18-9-7-17(8-10-18)20(27)16-25-15-19(11-12-21(25)28)33(29,30)26-13-5-6-14-26/h7-12,15H,5-6,13-14,16H2,1-4H3. The molecule has 2 saturated heterocycles. The van der Waals surface area contributed by atoms with E-state index < -0.39 is 33.9 Å². The monoisotopic (exact) mass is 472 g/mol. The number of sulfonamides is 1. The topological polar surface area (TPSA) is 94.9 Å². The predicted octanol–water partition coefficient (Wildman–Crippen LogP) is 1.81. The summed E-state index contributed by atoms with van der Waals surface area (Å²) in [5, 5.41) is 0. The van der Waals surface area contributed by atoms with Gasteiger partial charge in [-0.25, -0.2) is 8.42 Å². The molecule has 0 aliphatic carbocycles. The summed E-state index contributed by atoms with van der Waals surface area (Å²) >= 11 is 0. The zero-order valence-electron chi connectivity index (χ0n) is 19.4. The Labute approximate surface area is 194 Å². The highest BCUT2D eigenvalue weighted by atomic mass is 32.2. The van der Waals surface area contributed by atoms with Crippen molar-refractivity contribution in [2.75, 3.05) is 13.1 Å². The second-order valence-electron chi connectivity index (χ2n) is 9.58. The molecule has 0 bridgehead atoms. The van der Waals surface area contributed by atoms with Crippen LogP contribution in [0.25, 0.3) is 0 Å². The molecule has 0 unspecified atom stereocenters. The van der Waals surface area contributed by atoms with Gasteiger partial charge in [0.1, 0.15) is 0 Å². The average molecular weight is 472 g/mol. The molecular weight excluding hydrogens is 443 g/mol. The smallest absolute Gasteiger partial charge is 0.399 e. The number of pyridine rings is 1. The Bertz CT molecular complexity index is 1200. The summed E-state index contributed by atoms with van der Waals surface area (Å²) in [5.41, 5.74) is -0.157. The van der Waals surface area contributed by atoms with E-state index in [9.17, 15) is 18.0 Å². The number of carbonyl (C=O) groups is 1. The summed E-state index contributed by atoms with van der Waals surface area (Å²) < 4.78 is 40.2. The molecule has 0 amide bonds. The summed E-state index contributed by atoms with van der Waals surface area (Å²) in [7, 11) is -4.21. The molecule has 176 valence electrons. The molecule has 1 aromatic heterocycles. The first kappa shape index (κ1) is 23.9. The van der Waals surface area contributed by atoms with Gasteiger partial charge in [0.05, 0.1) is 22.6 Å².